The molecule has 0 saturated heterocycles. The summed E-state index contributed by atoms with van der Waals surface area (Å²) in [5, 5.41) is 2.67. The molecule has 0 aliphatic heterocycles. The number of hydrogen-bond donors (Lipinski definition) is 1. The summed E-state index contributed by atoms with van der Waals surface area (Å²) in [7, 11) is 4.41. The van der Waals surface area contributed by atoms with Crippen molar-refractivity contribution in [3.63, 3.8) is 0 Å². The fraction of sp³-hybridized carbons (Fsp3) is 0.500. The average molecular weight is 357 g/mol. The minimum absolute atomic E-state index is 0.254. The van der Waals surface area contributed by atoms with E-state index in [4.69, 9.17) is 18.9 Å². The molecule has 1 amide bonds. The van der Waals surface area contributed by atoms with Gasteiger partial charge in [0.1, 0.15) is 6.04 Å². The van der Waals surface area contributed by atoms with E-state index in [-0.39, 0.29) is 6.61 Å². The van der Waals surface area contributed by atoms with Gasteiger partial charge in [0.25, 0.3) is 5.91 Å². The Labute approximate surface area is 146 Å². The fourth-order valence-electron chi connectivity index (χ4n) is 2.03. The second kappa shape index (κ2) is 9.92. The van der Waals surface area contributed by atoms with Gasteiger partial charge in [0.15, 0.2) is 11.5 Å². The maximum atomic E-state index is 12.5. The zero-order chi connectivity index (χ0) is 18.1. The average Bonchev–Trinajstić information content (AvgIpc) is 2.59. The number of carbonyl (C=O) groups excluding carboxylic acids is 2. The highest BCUT2D eigenvalue weighted by molar-refractivity contribution is 7.98. The molecule has 8 heteroatoms. The number of thioether (sulfide) groups is 1. The Kier molecular flexibility index (Phi) is 8.25. The van der Waals surface area contributed by atoms with Gasteiger partial charge >= 0.3 is 5.97 Å². The summed E-state index contributed by atoms with van der Waals surface area (Å²) in [5.74, 6) is 0.630. The van der Waals surface area contributed by atoms with Crippen LogP contribution in [0, 0.1) is 0 Å². The minimum Gasteiger partial charge on any atom is -0.493 e. The molecule has 1 N–H and O–H groups in total. The van der Waals surface area contributed by atoms with Crippen LogP contribution in [0.4, 0.5) is 0 Å². The first-order chi connectivity index (χ1) is 11.5. The number of esters is 1. The largest absolute Gasteiger partial charge is 0.493 e. The molecule has 0 aliphatic carbocycles. The smallest absolute Gasteiger partial charge is 0.329 e. The lowest BCUT2D eigenvalue weighted by atomic mass is 10.1. The van der Waals surface area contributed by atoms with E-state index in [2.05, 4.69) is 5.32 Å². The number of rotatable bonds is 9. The van der Waals surface area contributed by atoms with Crippen LogP contribution >= 0.6 is 11.8 Å². The highest BCUT2D eigenvalue weighted by atomic mass is 32.2. The van der Waals surface area contributed by atoms with Gasteiger partial charge in [-0.3, -0.25) is 4.79 Å². The summed E-state index contributed by atoms with van der Waals surface area (Å²) in [5.41, 5.74) is 0.292. The zero-order valence-corrected chi connectivity index (χ0v) is 15.3. The third-order valence-electron chi connectivity index (χ3n) is 3.14. The Morgan fingerprint density at radius 3 is 2.12 bits per heavy atom. The highest BCUT2D eigenvalue weighted by Crippen LogP contribution is 2.38. The first-order valence-corrected chi connectivity index (χ1v) is 8.68. The van der Waals surface area contributed by atoms with E-state index in [1.54, 1.807) is 6.92 Å². The molecule has 1 unspecified atom stereocenters. The first kappa shape index (κ1) is 20.0. The first-order valence-electron chi connectivity index (χ1n) is 7.28. The number of ether oxygens (including phenoxy) is 4. The van der Waals surface area contributed by atoms with Crippen molar-refractivity contribution in [1.82, 2.24) is 5.32 Å². The Bertz CT molecular complexity index is 553. The predicted molar refractivity (Wildman–Crippen MR) is 92.4 cm³/mol. The lowest BCUT2D eigenvalue weighted by molar-refractivity contribution is -0.144. The Morgan fingerprint density at radius 2 is 1.71 bits per heavy atom. The molecular weight excluding hydrogens is 334 g/mol. The maximum Gasteiger partial charge on any atom is 0.329 e. The molecular formula is C16H23NO6S. The molecule has 1 atom stereocenters. The molecule has 0 spiro atoms. The van der Waals surface area contributed by atoms with Gasteiger partial charge in [-0.25, -0.2) is 4.79 Å². The number of methoxy groups -OCH3 is 3. The van der Waals surface area contributed by atoms with Gasteiger partial charge in [-0.2, -0.15) is 11.8 Å². The van der Waals surface area contributed by atoms with Crippen molar-refractivity contribution < 1.29 is 28.5 Å². The van der Waals surface area contributed by atoms with E-state index in [1.807, 2.05) is 6.26 Å². The Balaban J connectivity index is 3.06. The normalized spacial score (nSPS) is 11.4. The van der Waals surface area contributed by atoms with Crippen LogP contribution in [0.3, 0.4) is 0 Å². The molecule has 134 valence electrons. The number of carbonyl (C=O) groups is 2. The Hall–Kier alpha value is -2.09. The second-order valence-corrected chi connectivity index (χ2v) is 5.56. The number of benzene rings is 1. The number of amides is 1. The summed E-state index contributed by atoms with van der Waals surface area (Å²) in [6.07, 6.45) is 1.85. The molecule has 0 aliphatic rings. The number of nitrogens with one attached hydrogen (secondary N) is 1. The molecule has 0 saturated carbocycles. The van der Waals surface area contributed by atoms with Crippen LogP contribution in [0.1, 0.15) is 17.3 Å². The van der Waals surface area contributed by atoms with Gasteiger partial charge in [0.2, 0.25) is 5.75 Å². The van der Waals surface area contributed by atoms with E-state index in [9.17, 15) is 9.59 Å². The molecule has 0 aromatic heterocycles. The van der Waals surface area contributed by atoms with Gasteiger partial charge in [-0.05, 0) is 25.3 Å². The SMILES string of the molecule is CCOC(=O)C(CSC)NC(=O)c1cc(OC)c(OC)c(OC)c1. The van der Waals surface area contributed by atoms with Crippen molar-refractivity contribution in [2.45, 2.75) is 13.0 Å². The van der Waals surface area contributed by atoms with Crippen LogP contribution in [-0.2, 0) is 9.53 Å². The van der Waals surface area contributed by atoms with Gasteiger partial charge < -0.3 is 24.3 Å². The summed E-state index contributed by atoms with van der Waals surface area (Å²) < 4.78 is 20.7. The van der Waals surface area contributed by atoms with Crippen molar-refractivity contribution in [1.29, 1.82) is 0 Å². The molecule has 0 fully saturated rings. The lowest BCUT2D eigenvalue weighted by Crippen LogP contribution is -2.43. The monoisotopic (exact) mass is 357 g/mol. The zero-order valence-electron chi connectivity index (χ0n) is 14.5. The lowest BCUT2D eigenvalue weighted by Gasteiger charge is -2.18. The van der Waals surface area contributed by atoms with Crippen molar-refractivity contribution >= 4 is 23.6 Å². The van der Waals surface area contributed by atoms with Gasteiger partial charge in [0, 0.05) is 11.3 Å². The fourth-order valence-corrected chi connectivity index (χ4v) is 2.58. The molecule has 1 aromatic rings. The van der Waals surface area contributed by atoms with E-state index >= 15 is 0 Å². The molecule has 1 aromatic carbocycles. The molecule has 0 heterocycles. The maximum absolute atomic E-state index is 12.5. The van der Waals surface area contributed by atoms with Crippen molar-refractivity contribution in [3.05, 3.63) is 17.7 Å². The van der Waals surface area contributed by atoms with Crippen molar-refractivity contribution in [2.24, 2.45) is 0 Å². The minimum atomic E-state index is -0.730. The number of hydrogen-bond acceptors (Lipinski definition) is 7. The Morgan fingerprint density at radius 1 is 1.12 bits per heavy atom. The molecule has 1 rings (SSSR count). The van der Waals surface area contributed by atoms with Crippen LogP contribution in [0.2, 0.25) is 0 Å². The summed E-state index contributed by atoms with van der Waals surface area (Å²) >= 11 is 1.44. The van der Waals surface area contributed by atoms with Crippen LogP contribution in [-0.4, -0.2) is 57.9 Å². The van der Waals surface area contributed by atoms with Gasteiger partial charge in [0.05, 0.1) is 27.9 Å². The standard InChI is InChI=1S/C16H23NO6S/c1-6-23-16(19)11(9-24-5)17-15(18)10-7-12(20-2)14(22-4)13(8-10)21-3/h7-8,11H,6,9H2,1-5H3,(H,17,18). The van der Waals surface area contributed by atoms with Crippen LogP contribution in [0.5, 0.6) is 17.2 Å². The third-order valence-corrected chi connectivity index (χ3v) is 3.80. The van der Waals surface area contributed by atoms with Crippen molar-refractivity contribution in [3.8, 4) is 17.2 Å². The topological polar surface area (TPSA) is 83.1 Å². The molecule has 0 radical (unpaired) electrons. The van der Waals surface area contributed by atoms with E-state index in [0.29, 0.717) is 28.6 Å². The highest BCUT2D eigenvalue weighted by Gasteiger charge is 2.24. The quantitative estimate of drug-likeness (QED) is 0.674. The van der Waals surface area contributed by atoms with Crippen LogP contribution < -0.4 is 19.5 Å². The van der Waals surface area contributed by atoms with E-state index in [0.717, 1.165) is 0 Å². The summed E-state index contributed by atoms with van der Waals surface area (Å²) in [4.78, 5) is 24.4. The predicted octanol–water partition coefficient (Wildman–Crippen LogP) is 1.74. The second-order valence-electron chi connectivity index (χ2n) is 4.65. The van der Waals surface area contributed by atoms with Gasteiger partial charge in [-0.15, -0.1) is 0 Å². The summed E-state index contributed by atoms with van der Waals surface area (Å²) in [6, 6.07) is 2.32. The molecule has 0 bridgehead atoms. The molecule has 24 heavy (non-hydrogen) atoms. The van der Waals surface area contributed by atoms with E-state index in [1.165, 1.54) is 45.2 Å². The van der Waals surface area contributed by atoms with Crippen LogP contribution in [0.15, 0.2) is 12.1 Å². The molecule has 7 nitrogen and oxygen atoms in total. The third kappa shape index (κ3) is 4.95. The van der Waals surface area contributed by atoms with Crippen LogP contribution in [0.25, 0.3) is 0 Å². The summed E-state index contributed by atoms with van der Waals surface area (Å²) in [6.45, 7) is 1.97. The van der Waals surface area contributed by atoms with Gasteiger partial charge in [-0.1, -0.05) is 0 Å². The van der Waals surface area contributed by atoms with Crippen molar-refractivity contribution in [2.75, 3.05) is 39.9 Å². The van der Waals surface area contributed by atoms with E-state index < -0.39 is 17.9 Å².